The fourth-order valence-corrected chi connectivity index (χ4v) is 6.60. The Hall–Kier alpha value is -5.58. The average molecular weight is 716 g/mol. The zero-order valence-corrected chi connectivity index (χ0v) is 30.1. The Morgan fingerprint density at radius 3 is 1.60 bits per heavy atom. The van der Waals surface area contributed by atoms with Crippen LogP contribution in [0.1, 0.15) is 26.3 Å². The topological polar surface area (TPSA) is 15.7 Å². The number of nitrogens with zero attached hydrogens (tertiary/aromatic N) is 2. The van der Waals surface area contributed by atoms with E-state index in [1.54, 1.807) is 0 Å². The third kappa shape index (κ3) is 7.36. The number of benzene rings is 7. The van der Waals surface area contributed by atoms with Crippen LogP contribution in [0.2, 0.25) is 0 Å². The number of rotatable bonds is 9. The van der Waals surface area contributed by atoms with Crippen molar-refractivity contribution in [2.75, 3.05) is 9.80 Å². The van der Waals surface area contributed by atoms with E-state index >= 15 is 0 Å². The lowest BCUT2D eigenvalue weighted by Gasteiger charge is -2.31. The normalized spacial score (nSPS) is 11.2. The predicted octanol–water partition coefficient (Wildman–Crippen LogP) is 14.1. The van der Waals surface area contributed by atoms with Crippen LogP contribution in [-0.2, 0) is 5.41 Å². The molecule has 0 amide bonds. The number of anilines is 6. The average Bonchev–Trinajstić information content (AvgIpc) is 3.13. The van der Waals surface area contributed by atoms with Crippen molar-refractivity contribution in [1.29, 1.82) is 0 Å². The maximum atomic E-state index is 6.62. The van der Waals surface area contributed by atoms with E-state index in [4.69, 9.17) is 4.74 Å². The molecule has 3 nitrogen and oxygen atoms in total. The lowest BCUT2D eigenvalue weighted by atomic mass is 9.86. The lowest BCUT2D eigenvalue weighted by molar-refractivity contribution is 0.483. The first-order chi connectivity index (χ1) is 24.3. The van der Waals surface area contributed by atoms with Gasteiger partial charge in [0.25, 0.3) is 0 Å². The summed E-state index contributed by atoms with van der Waals surface area (Å²) >= 11 is 3.72. The van der Waals surface area contributed by atoms with Gasteiger partial charge in [-0.15, -0.1) is 0 Å². The summed E-state index contributed by atoms with van der Waals surface area (Å²) in [4.78, 5) is 4.60. The Morgan fingerprint density at radius 2 is 0.980 bits per heavy atom. The molecule has 0 aliphatic rings. The minimum atomic E-state index is 0.0721. The Labute approximate surface area is 304 Å². The van der Waals surface area contributed by atoms with Gasteiger partial charge in [0.2, 0.25) is 0 Å². The first-order valence-electron chi connectivity index (χ1n) is 16.9. The molecule has 0 saturated carbocycles. The van der Waals surface area contributed by atoms with Gasteiger partial charge in [0.05, 0.1) is 17.1 Å². The van der Waals surface area contributed by atoms with Crippen molar-refractivity contribution >= 4 is 50.1 Å². The van der Waals surface area contributed by atoms with Gasteiger partial charge in [0.1, 0.15) is 11.5 Å². The van der Waals surface area contributed by atoms with Gasteiger partial charge in [-0.2, -0.15) is 0 Å². The molecule has 0 heterocycles. The van der Waals surface area contributed by atoms with Crippen LogP contribution in [-0.4, -0.2) is 0 Å². The Morgan fingerprint density at radius 1 is 0.440 bits per heavy atom. The number of hydrogen-bond acceptors (Lipinski definition) is 3. The molecule has 0 aliphatic carbocycles. The fourth-order valence-electron chi connectivity index (χ4n) is 6.22. The van der Waals surface area contributed by atoms with E-state index in [1.807, 2.05) is 36.4 Å². The van der Waals surface area contributed by atoms with Crippen molar-refractivity contribution in [1.82, 2.24) is 0 Å². The maximum absolute atomic E-state index is 6.62. The summed E-state index contributed by atoms with van der Waals surface area (Å²) in [5.41, 5.74) is 9.79. The molecule has 4 heteroatoms. The second-order valence-electron chi connectivity index (χ2n) is 13.3. The number of para-hydroxylation sites is 4. The SMILES string of the molecule is CC(C)(C)c1ccc(-c2ccccc2N(c2ccccc2)c2cc(Oc3ccccc3)cc(N(c3ccccc3)c3cccc(Br)c3)c2)cc1. The molecule has 0 aliphatic heterocycles. The monoisotopic (exact) mass is 714 g/mol. The van der Waals surface area contributed by atoms with Crippen LogP contribution in [0.5, 0.6) is 11.5 Å². The summed E-state index contributed by atoms with van der Waals surface area (Å²) in [5, 5.41) is 0. The van der Waals surface area contributed by atoms with Crippen LogP contribution < -0.4 is 14.5 Å². The molecular formula is C46H39BrN2O. The first kappa shape index (κ1) is 32.9. The minimum Gasteiger partial charge on any atom is -0.457 e. The van der Waals surface area contributed by atoms with Crippen molar-refractivity contribution in [2.24, 2.45) is 0 Å². The molecule has 0 aromatic heterocycles. The van der Waals surface area contributed by atoms with Gasteiger partial charge in [-0.3, -0.25) is 0 Å². The van der Waals surface area contributed by atoms with Gasteiger partial charge >= 0.3 is 0 Å². The van der Waals surface area contributed by atoms with Gasteiger partial charge in [0.15, 0.2) is 0 Å². The quantitative estimate of drug-likeness (QED) is 0.148. The molecule has 0 saturated heterocycles. The zero-order chi connectivity index (χ0) is 34.5. The highest BCUT2D eigenvalue weighted by Gasteiger charge is 2.22. The van der Waals surface area contributed by atoms with Crippen LogP contribution in [0.3, 0.4) is 0 Å². The van der Waals surface area contributed by atoms with Gasteiger partial charge in [0, 0.05) is 39.2 Å². The number of halogens is 1. The highest BCUT2D eigenvalue weighted by atomic mass is 79.9. The third-order valence-corrected chi connectivity index (χ3v) is 9.17. The molecule has 7 aromatic rings. The largest absolute Gasteiger partial charge is 0.457 e. The third-order valence-electron chi connectivity index (χ3n) is 8.67. The summed E-state index contributed by atoms with van der Waals surface area (Å²) in [6.45, 7) is 6.76. The Balaban J connectivity index is 1.46. The molecule has 0 atom stereocenters. The molecule has 0 fully saturated rings. The van der Waals surface area contributed by atoms with Crippen LogP contribution in [0.4, 0.5) is 34.1 Å². The zero-order valence-electron chi connectivity index (χ0n) is 28.5. The summed E-state index contributed by atoms with van der Waals surface area (Å²) < 4.78 is 7.63. The van der Waals surface area contributed by atoms with Gasteiger partial charge in [-0.25, -0.2) is 0 Å². The van der Waals surface area contributed by atoms with E-state index in [2.05, 4.69) is 192 Å². The van der Waals surface area contributed by atoms with Crippen LogP contribution in [0.15, 0.2) is 186 Å². The Kier molecular flexibility index (Phi) is 9.55. The number of hydrogen-bond donors (Lipinski definition) is 0. The first-order valence-corrected chi connectivity index (χ1v) is 17.7. The van der Waals surface area contributed by atoms with E-state index in [0.717, 1.165) is 61.2 Å². The molecule has 7 aromatic carbocycles. The van der Waals surface area contributed by atoms with E-state index in [-0.39, 0.29) is 5.41 Å². The second-order valence-corrected chi connectivity index (χ2v) is 14.2. The van der Waals surface area contributed by atoms with Gasteiger partial charge in [-0.05, 0) is 83.3 Å². The van der Waals surface area contributed by atoms with Crippen molar-refractivity contribution in [3.63, 3.8) is 0 Å². The van der Waals surface area contributed by atoms with Crippen molar-refractivity contribution in [2.45, 2.75) is 26.2 Å². The number of ether oxygens (including phenoxy) is 1. The van der Waals surface area contributed by atoms with Gasteiger partial charge < -0.3 is 14.5 Å². The van der Waals surface area contributed by atoms with Crippen molar-refractivity contribution in [3.8, 4) is 22.6 Å². The standard InChI is InChI=1S/C46H39BrN2O/c1-46(2,3)35-28-26-34(27-29-35)44-24-13-14-25-45(44)49(38-19-9-5-10-20-38)41-31-40(32-43(33-41)50-42-22-11-6-12-23-42)48(37-17-7-4-8-18-37)39-21-15-16-36(47)30-39/h4-33H,1-3H3. The molecule has 0 spiro atoms. The highest BCUT2D eigenvalue weighted by Crippen LogP contribution is 2.46. The van der Waals surface area contributed by atoms with Crippen LogP contribution in [0, 0.1) is 0 Å². The summed E-state index contributed by atoms with van der Waals surface area (Å²) in [6.07, 6.45) is 0. The summed E-state index contributed by atoms with van der Waals surface area (Å²) in [5.74, 6) is 1.50. The van der Waals surface area contributed by atoms with E-state index in [9.17, 15) is 0 Å². The van der Waals surface area contributed by atoms with Crippen molar-refractivity contribution in [3.05, 3.63) is 192 Å². The highest BCUT2D eigenvalue weighted by molar-refractivity contribution is 9.10. The molecule has 0 unspecified atom stereocenters. The van der Waals surface area contributed by atoms with E-state index in [1.165, 1.54) is 5.56 Å². The van der Waals surface area contributed by atoms with E-state index < -0.39 is 0 Å². The second kappa shape index (κ2) is 14.5. The summed E-state index contributed by atoms with van der Waals surface area (Å²) in [6, 6.07) is 63.5. The molecule has 246 valence electrons. The Bertz CT molecular complexity index is 2180. The minimum absolute atomic E-state index is 0.0721. The molecule has 50 heavy (non-hydrogen) atoms. The van der Waals surface area contributed by atoms with Crippen molar-refractivity contribution < 1.29 is 4.74 Å². The molecule has 0 N–H and O–H groups in total. The molecular weight excluding hydrogens is 676 g/mol. The van der Waals surface area contributed by atoms with Gasteiger partial charge in [-0.1, -0.05) is 140 Å². The van der Waals surface area contributed by atoms with E-state index in [0.29, 0.717) is 0 Å². The van der Waals surface area contributed by atoms with Crippen LogP contribution >= 0.6 is 15.9 Å². The smallest absolute Gasteiger partial charge is 0.131 e. The van der Waals surface area contributed by atoms with Crippen LogP contribution in [0.25, 0.3) is 11.1 Å². The lowest BCUT2D eigenvalue weighted by Crippen LogP contribution is -2.14. The molecule has 0 radical (unpaired) electrons. The molecule has 0 bridgehead atoms. The molecule has 7 rings (SSSR count). The predicted molar refractivity (Wildman–Crippen MR) is 214 cm³/mol. The fraction of sp³-hybridized carbons (Fsp3) is 0.0870. The maximum Gasteiger partial charge on any atom is 0.131 e. The summed E-state index contributed by atoms with van der Waals surface area (Å²) in [7, 11) is 0.